The van der Waals surface area contributed by atoms with Gasteiger partial charge in [0.2, 0.25) is 11.8 Å². The molecule has 0 bridgehead atoms. The number of aromatic nitrogens is 1. The second-order valence-corrected chi connectivity index (χ2v) is 10.2. The molecule has 38 heavy (non-hydrogen) atoms. The van der Waals surface area contributed by atoms with Gasteiger partial charge in [0.15, 0.2) is 0 Å². The van der Waals surface area contributed by atoms with E-state index in [1.54, 1.807) is 11.8 Å². The van der Waals surface area contributed by atoms with Crippen LogP contribution < -0.4 is 15.4 Å². The summed E-state index contributed by atoms with van der Waals surface area (Å²) in [6, 6.07) is 9.91. The largest absolute Gasteiger partial charge is 0.493 e. The highest BCUT2D eigenvalue weighted by Crippen LogP contribution is 2.30. The van der Waals surface area contributed by atoms with Gasteiger partial charge in [0.1, 0.15) is 11.6 Å². The highest BCUT2D eigenvalue weighted by atomic mass is 16.5. The van der Waals surface area contributed by atoms with Crippen LogP contribution >= 0.6 is 0 Å². The standard InChI is InChI=1S/C29H36N4O5/c1-2-37-29(36)24(22-6-5-19-12-15-38-25(19)16-22)17-31-26(34)18-33-14-11-21(28(33)35)8-10-23-9-7-20-4-3-13-30-27(20)32-23/h5-7,9,16,21,24H,2-4,8,10-15,17-18H2,1H3,(H,30,32)(H,31,34)/t21-,24?/m0/s1. The normalized spacial score (nSPS) is 18.7. The van der Waals surface area contributed by atoms with Crippen molar-refractivity contribution in [2.45, 2.75) is 51.4 Å². The zero-order valence-electron chi connectivity index (χ0n) is 22.0. The van der Waals surface area contributed by atoms with Crippen molar-refractivity contribution in [2.75, 3.05) is 44.7 Å². The Kier molecular flexibility index (Phi) is 8.10. The van der Waals surface area contributed by atoms with Gasteiger partial charge in [-0.1, -0.05) is 18.2 Å². The molecule has 1 unspecified atom stereocenters. The molecule has 2 amide bonds. The van der Waals surface area contributed by atoms with Gasteiger partial charge in [-0.2, -0.15) is 0 Å². The Morgan fingerprint density at radius 1 is 1.24 bits per heavy atom. The number of likely N-dealkylation sites (tertiary alicyclic amines) is 1. The number of rotatable bonds is 10. The van der Waals surface area contributed by atoms with Crippen LogP contribution in [0, 0.1) is 5.92 Å². The van der Waals surface area contributed by atoms with Gasteiger partial charge in [-0.25, -0.2) is 4.98 Å². The number of carbonyl (C=O) groups is 3. The summed E-state index contributed by atoms with van der Waals surface area (Å²) in [5.41, 5.74) is 4.10. The maximum absolute atomic E-state index is 13.0. The smallest absolute Gasteiger partial charge is 0.315 e. The van der Waals surface area contributed by atoms with Gasteiger partial charge in [-0.3, -0.25) is 14.4 Å². The minimum Gasteiger partial charge on any atom is -0.493 e. The Bertz CT molecular complexity index is 1200. The van der Waals surface area contributed by atoms with Crippen LogP contribution in [0.3, 0.4) is 0 Å². The molecule has 0 saturated carbocycles. The Hall–Kier alpha value is -3.62. The average Bonchev–Trinajstić information content (AvgIpc) is 3.53. The molecular formula is C29H36N4O5. The average molecular weight is 521 g/mol. The first kappa shape index (κ1) is 26.0. The van der Waals surface area contributed by atoms with Crippen LogP contribution in [-0.4, -0.2) is 67.1 Å². The van der Waals surface area contributed by atoms with Crippen molar-refractivity contribution in [1.82, 2.24) is 15.2 Å². The topological polar surface area (TPSA) is 110 Å². The first-order valence-corrected chi connectivity index (χ1v) is 13.7. The molecule has 0 radical (unpaired) electrons. The van der Waals surface area contributed by atoms with E-state index in [-0.39, 0.29) is 37.4 Å². The van der Waals surface area contributed by atoms with Gasteiger partial charge in [-0.15, -0.1) is 0 Å². The first-order chi connectivity index (χ1) is 18.5. The van der Waals surface area contributed by atoms with E-state index >= 15 is 0 Å². The Labute approximate surface area is 223 Å². The Morgan fingerprint density at radius 3 is 2.97 bits per heavy atom. The number of pyridine rings is 1. The Balaban J connectivity index is 1.12. The molecule has 1 saturated heterocycles. The van der Waals surface area contributed by atoms with Crippen molar-refractivity contribution in [2.24, 2.45) is 5.92 Å². The number of ether oxygens (including phenoxy) is 2. The molecule has 5 rings (SSSR count). The maximum atomic E-state index is 13.0. The summed E-state index contributed by atoms with van der Waals surface area (Å²) in [6.45, 7) is 4.23. The van der Waals surface area contributed by atoms with Crippen molar-refractivity contribution >= 4 is 23.6 Å². The fourth-order valence-electron chi connectivity index (χ4n) is 5.48. The molecule has 3 aliphatic rings. The number of nitrogens with zero attached hydrogens (tertiary/aromatic N) is 2. The third kappa shape index (κ3) is 5.92. The van der Waals surface area contributed by atoms with Gasteiger partial charge in [0.05, 0.1) is 25.7 Å². The lowest BCUT2D eigenvalue weighted by Gasteiger charge is -2.20. The van der Waals surface area contributed by atoms with Crippen molar-refractivity contribution in [3.8, 4) is 5.75 Å². The van der Waals surface area contributed by atoms with E-state index in [0.717, 1.165) is 67.0 Å². The number of carbonyl (C=O) groups excluding carboxylic acids is 3. The molecule has 1 aromatic heterocycles. The van der Waals surface area contributed by atoms with Crippen molar-refractivity contribution in [1.29, 1.82) is 0 Å². The number of hydrogen-bond donors (Lipinski definition) is 2. The summed E-state index contributed by atoms with van der Waals surface area (Å²) >= 11 is 0. The SMILES string of the molecule is CCOC(=O)C(CNC(=O)CN1CC[C@H](CCc2ccc3c(n2)NCCC3)C1=O)c1ccc2c(c1)OCC2. The number of hydrogen-bond acceptors (Lipinski definition) is 7. The summed E-state index contributed by atoms with van der Waals surface area (Å²) in [5.74, 6) is 0.328. The van der Waals surface area contributed by atoms with Gasteiger partial charge in [-0.05, 0) is 67.9 Å². The van der Waals surface area contributed by atoms with E-state index in [0.29, 0.717) is 19.6 Å². The number of benzene rings is 1. The fourth-order valence-corrected chi connectivity index (χ4v) is 5.48. The minimum atomic E-state index is -0.644. The number of anilines is 1. The second kappa shape index (κ2) is 11.8. The van der Waals surface area contributed by atoms with E-state index in [1.807, 2.05) is 18.2 Å². The molecule has 0 aliphatic carbocycles. The molecule has 9 nitrogen and oxygen atoms in total. The number of aryl methyl sites for hydroxylation is 2. The predicted octanol–water partition coefficient (Wildman–Crippen LogP) is 2.62. The lowest BCUT2D eigenvalue weighted by atomic mass is 9.97. The monoisotopic (exact) mass is 520 g/mol. The molecule has 202 valence electrons. The van der Waals surface area contributed by atoms with E-state index in [2.05, 4.69) is 22.8 Å². The van der Waals surface area contributed by atoms with Crippen molar-refractivity contribution < 1.29 is 23.9 Å². The second-order valence-electron chi connectivity index (χ2n) is 10.2. The van der Waals surface area contributed by atoms with Crippen molar-refractivity contribution in [3.63, 3.8) is 0 Å². The number of nitrogens with one attached hydrogen (secondary N) is 2. The van der Waals surface area contributed by atoms with Crippen LogP contribution in [-0.2, 0) is 38.4 Å². The number of esters is 1. The number of amides is 2. The molecule has 2 aromatic rings. The van der Waals surface area contributed by atoms with Crippen LogP contribution in [0.25, 0.3) is 0 Å². The molecule has 4 heterocycles. The lowest BCUT2D eigenvalue weighted by Crippen LogP contribution is -2.41. The summed E-state index contributed by atoms with van der Waals surface area (Å²) in [6.07, 6.45) is 5.21. The summed E-state index contributed by atoms with van der Waals surface area (Å²) < 4.78 is 10.9. The summed E-state index contributed by atoms with van der Waals surface area (Å²) in [7, 11) is 0. The van der Waals surface area contributed by atoms with E-state index in [9.17, 15) is 14.4 Å². The van der Waals surface area contributed by atoms with Crippen molar-refractivity contribution in [3.05, 3.63) is 52.7 Å². The van der Waals surface area contributed by atoms with Gasteiger partial charge in [0, 0.05) is 37.7 Å². The fraction of sp³-hybridized carbons (Fsp3) is 0.517. The molecule has 9 heteroatoms. The molecule has 2 atom stereocenters. The van der Waals surface area contributed by atoms with Gasteiger partial charge >= 0.3 is 5.97 Å². The molecule has 1 fully saturated rings. The minimum absolute atomic E-state index is 0.00829. The van der Waals surface area contributed by atoms with Crippen LogP contribution in [0.2, 0.25) is 0 Å². The predicted molar refractivity (Wildman–Crippen MR) is 142 cm³/mol. The molecular weight excluding hydrogens is 484 g/mol. The molecule has 3 aliphatic heterocycles. The molecule has 2 N–H and O–H groups in total. The van der Waals surface area contributed by atoms with E-state index in [1.165, 1.54) is 5.56 Å². The van der Waals surface area contributed by atoms with Crippen LogP contribution in [0.15, 0.2) is 30.3 Å². The zero-order valence-corrected chi connectivity index (χ0v) is 22.0. The quantitative estimate of drug-likeness (QED) is 0.464. The third-order valence-corrected chi connectivity index (χ3v) is 7.64. The van der Waals surface area contributed by atoms with E-state index in [4.69, 9.17) is 14.5 Å². The van der Waals surface area contributed by atoms with Crippen LogP contribution in [0.4, 0.5) is 5.82 Å². The number of fused-ring (bicyclic) bond motifs is 2. The lowest BCUT2D eigenvalue weighted by molar-refractivity contribution is -0.145. The highest BCUT2D eigenvalue weighted by molar-refractivity contribution is 5.87. The van der Waals surface area contributed by atoms with Gasteiger partial charge < -0.3 is 25.0 Å². The highest BCUT2D eigenvalue weighted by Gasteiger charge is 2.33. The van der Waals surface area contributed by atoms with Crippen LogP contribution in [0.5, 0.6) is 5.75 Å². The van der Waals surface area contributed by atoms with Gasteiger partial charge in [0.25, 0.3) is 0 Å². The summed E-state index contributed by atoms with van der Waals surface area (Å²) in [4.78, 5) is 44.8. The third-order valence-electron chi connectivity index (χ3n) is 7.64. The van der Waals surface area contributed by atoms with Crippen LogP contribution in [0.1, 0.15) is 54.5 Å². The van der Waals surface area contributed by atoms with E-state index < -0.39 is 11.9 Å². The summed E-state index contributed by atoms with van der Waals surface area (Å²) in [5, 5.41) is 6.20. The molecule has 0 spiro atoms. The molecule has 1 aromatic carbocycles. The maximum Gasteiger partial charge on any atom is 0.315 e. The zero-order chi connectivity index (χ0) is 26.5. The first-order valence-electron chi connectivity index (χ1n) is 13.7. The Morgan fingerprint density at radius 2 is 2.11 bits per heavy atom.